The van der Waals surface area contributed by atoms with E-state index in [9.17, 15) is 31.1 Å². The molecule has 0 unspecified atom stereocenters. The summed E-state index contributed by atoms with van der Waals surface area (Å²) >= 11 is 0. The number of benzene rings is 2. The van der Waals surface area contributed by atoms with Gasteiger partial charge in [0.05, 0.1) is 23.9 Å². The van der Waals surface area contributed by atoms with Crippen LogP contribution < -0.4 is 10.1 Å². The van der Waals surface area contributed by atoms with E-state index in [1.807, 2.05) is 18.2 Å². The lowest BCUT2D eigenvalue weighted by atomic mass is 10.0. The fourth-order valence-corrected chi connectivity index (χ4v) is 2.76. The lowest BCUT2D eigenvalue weighted by Gasteiger charge is -2.13. The minimum Gasteiger partial charge on any atom is -0.478 e. The second-order valence-corrected chi connectivity index (χ2v) is 6.73. The first-order valence-corrected chi connectivity index (χ1v) is 9.49. The normalized spacial score (nSPS) is 11.4. The Morgan fingerprint density at radius 3 is 2.00 bits per heavy atom. The summed E-state index contributed by atoms with van der Waals surface area (Å²) in [6, 6.07) is 10.7. The zero-order valence-electron chi connectivity index (χ0n) is 17.8. The maximum absolute atomic E-state index is 12.4. The van der Waals surface area contributed by atoms with Gasteiger partial charge in [-0.3, -0.25) is 0 Å². The van der Waals surface area contributed by atoms with Crippen LogP contribution in [0.4, 0.5) is 26.3 Å². The molecule has 6 nitrogen and oxygen atoms in total. The summed E-state index contributed by atoms with van der Waals surface area (Å²) in [5, 5.41) is 11.6. The van der Waals surface area contributed by atoms with Crippen molar-refractivity contribution in [3.05, 3.63) is 77.0 Å². The molecule has 0 radical (unpaired) electrons. The van der Waals surface area contributed by atoms with E-state index in [0.717, 1.165) is 0 Å². The number of carbonyl (C=O) groups is 1. The van der Waals surface area contributed by atoms with Gasteiger partial charge in [-0.05, 0) is 30.8 Å². The molecule has 2 N–H and O–H groups in total. The summed E-state index contributed by atoms with van der Waals surface area (Å²) in [4.78, 5) is 18.9. The molecule has 3 rings (SSSR count). The van der Waals surface area contributed by atoms with Crippen LogP contribution in [-0.2, 0) is 18.9 Å². The lowest BCUT2D eigenvalue weighted by Crippen LogP contribution is -2.14. The zero-order chi connectivity index (χ0) is 25.5. The Bertz CT molecular complexity index is 1090. The zero-order valence-corrected chi connectivity index (χ0v) is 17.8. The quantitative estimate of drug-likeness (QED) is 0.476. The molecule has 0 bridgehead atoms. The van der Waals surface area contributed by atoms with Gasteiger partial charge < -0.3 is 15.2 Å². The first-order chi connectivity index (χ1) is 15.9. The third-order valence-electron chi connectivity index (χ3n) is 4.26. The predicted molar refractivity (Wildman–Crippen MR) is 110 cm³/mol. The minimum absolute atomic E-state index is 0.0528. The number of carboxylic acid groups (broad SMARTS) is 1. The van der Waals surface area contributed by atoms with Crippen molar-refractivity contribution in [1.29, 1.82) is 0 Å². The third-order valence-corrected chi connectivity index (χ3v) is 4.26. The highest BCUT2D eigenvalue weighted by Gasteiger charge is 2.36. The average molecular weight is 487 g/mol. The number of ether oxygens (including phenoxy) is 1. The number of nitrogens with one attached hydrogen (secondary N) is 1. The van der Waals surface area contributed by atoms with Crippen LogP contribution in [0.5, 0.6) is 6.01 Å². The van der Waals surface area contributed by atoms with Crippen LogP contribution in [0.3, 0.4) is 0 Å². The number of aromatic carboxylic acids is 1. The highest BCUT2D eigenvalue weighted by Crippen LogP contribution is 2.36. The van der Waals surface area contributed by atoms with E-state index in [1.54, 1.807) is 12.1 Å². The average Bonchev–Trinajstić information content (AvgIpc) is 2.78. The van der Waals surface area contributed by atoms with Crippen molar-refractivity contribution in [3.63, 3.8) is 0 Å². The number of hydrogen-bond acceptors (Lipinski definition) is 5. The number of alkyl halides is 6. The van der Waals surface area contributed by atoms with Crippen LogP contribution in [0, 0.1) is 0 Å². The highest BCUT2D eigenvalue weighted by atomic mass is 19.4. The molecule has 0 fully saturated rings. The number of rotatable bonds is 5. The molecule has 0 saturated carbocycles. The molecule has 0 saturated heterocycles. The molecule has 0 aliphatic carbocycles. The van der Waals surface area contributed by atoms with E-state index in [0.29, 0.717) is 23.4 Å². The van der Waals surface area contributed by atoms with Gasteiger partial charge >= 0.3 is 24.3 Å². The molecule has 0 spiro atoms. The van der Waals surface area contributed by atoms with Crippen LogP contribution in [0.2, 0.25) is 0 Å². The topological polar surface area (TPSA) is 84.3 Å². The Balaban J connectivity index is 0.000000240. The molecule has 12 heteroatoms. The van der Waals surface area contributed by atoms with Crippen molar-refractivity contribution in [1.82, 2.24) is 15.3 Å². The molecule has 1 heterocycles. The maximum Gasteiger partial charge on any atom is 0.416 e. The standard InChI is InChI=1S/C12H10N2O3.C10H9F6N/c1-17-12-13-7-9(11(15)16)10(14-12)8-5-3-2-4-6-8;1-17-5-6-2-7(9(11,12)13)4-8(3-6)10(14,15)16/h2-7H,1H3,(H,15,16);2-4,17H,5H2,1H3. The second-order valence-electron chi connectivity index (χ2n) is 6.73. The first-order valence-electron chi connectivity index (χ1n) is 9.49. The fourth-order valence-electron chi connectivity index (χ4n) is 2.76. The summed E-state index contributed by atoms with van der Waals surface area (Å²) in [5.41, 5.74) is -1.53. The van der Waals surface area contributed by atoms with E-state index < -0.39 is 29.4 Å². The predicted octanol–water partition coefficient (Wildman–Crippen LogP) is 5.29. The van der Waals surface area contributed by atoms with Crippen LogP contribution in [0.15, 0.2) is 54.7 Å². The van der Waals surface area contributed by atoms with Crippen molar-refractivity contribution in [2.75, 3.05) is 14.2 Å². The van der Waals surface area contributed by atoms with Crippen LogP contribution in [0.25, 0.3) is 11.3 Å². The van der Waals surface area contributed by atoms with Gasteiger partial charge in [0.15, 0.2) is 0 Å². The summed E-state index contributed by atoms with van der Waals surface area (Å²) in [6.07, 6.45) is -8.33. The van der Waals surface area contributed by atoms with Crippen molar-refractivity contribution in [2.45, 2.75) is 18.9 Å². The number of halogens is 6. The first kappa shape index (κ1) is 26.6. The second kappa shape index (κ2) is 11.0. The maximum atomic E-state index is 12.4. The Kier molecular flexibility index (Phi) is 8.57. The van der Waals surface area contributed by atoms with Gasteiger partial charge in [0.2, 0.25) is 0 Å². The molecule has 0 aliphatic rings. The molecule has 34 heavy (non-hydrogen) atoms. The largest absolute Gasteiger partial charge is 0.478 e. The fraction of sp³-hybridized carbons (Fsp3) is 0.227. The Labute approximate surface area is 190 Å². The summed E-state index contributed by atoms with van der Waals surface area (Å²) in [5.74, 6) is -1.06. The van der Waals surface area contributed by atoms with Gasteiger partial charge in [-0.25, -0.2) is 9.78 Å². The van der Waals surface area contributed by atoms with Gasteiger partial charge in [0, 0.05) is 18.3 Å². The van der Waals surface area contributed by atoms with E-state index in [2.05, 4.69) is 15.3 Å². The van der Waals surface area contributed by atoms with Crippen molar-refractivity contribution < 1.29 is 41.0 Å². The number of aromatic nitrogens is 2. The van der Waals surface area contributed by atoms with Crippen molar-refractivity contribution in [3.8, 4) is 17.3 Å². The van der Waals surface area contributed by atoms with E-state index in [1.165, 1.54) is 20.4 Å². The smallest absolute Gasteiger partial charge is 0.416 e. The van der Waals surface area contributed by atoms with Gasteiger partial charge in [-0.2, -0.15) is 31.3 Å². The summed E-state index contributed by atoms with van der Waals surface area (Å²) in [6.45, 7) is -0.0625. The van der Waals surface area contributed by atoms with E-state index >= 15 is 0 Å². The minimum atomic E-state index is -4.79. The van der Waals surface area contributed by atoms with Crippen LogP contribution >= 0.6 is 0 Å². The molecule has 1 aromatic heterocycles. The van der Waals surface area contributed by atoms with Crippen molar-refractivity contribution in [2.24, 2.45) is 0 Å². The Morgan fingerprint density at radius 2 is 1.56 bits per heavy atom. The van der Waals surface area contributed by atoms with Crippen molar-refractivity contribution >= 4 is 5.97 Å². The van der Waals surface area contributed by atoms with Gasteiger partial charge in [-0.1, -0.05) is 30.3 Å². The highest BCUT2D eigenvalue weighted by molar-refractivity contribution is 5.94. The third kappa shape index (κ3) is 7.17. The monoisotopic (exact) mass is 487 g/mol. The SMILES string of the molecule is CNCc1cc(C(F)(F)F)cc(C(F)(F)F)c1.COc1ncc(C(=O)O)c(-c2ccccc2)n1. The molecule has 2 aromatic carbocycles. The molecule has 3 aromatic rings. The molecular weight excluding hydrogens is 468 g/mol. The van der Waals surface area contributed by atoms with E-state index in [-0.39, 0.29) is 29.7 Å². The molecule has 0 atom stereocenters. The van der Waals surface area contributed by atoms with E-state index in [4.69, 9.17) is 9.84 Å². The number of carboxylic acids is 1. The molecule has 0 aliphatic heterocycles. The number of methoxy groups -OCH3 is 1. The Hall–Kier alpha value is -3.67. The molecular formula is C22H19F6N3O3. The van der Waals surface area contributed by atoms with Crippen LogP contribution in [0.1, 0.15) is 27.0 Å². The summed E-state index contributed by atoms with van der Waals surface area (Å²) in [7, 11) is 2.87. The van der Waals surface area contributed by atoms with Gasteiger partial charge in [-0.15, -0.1) is 0 Å². The van der Waals surface area contributed by atoms with Crippen LogP contribution in [-0.4, -0.2) is 35.2 Å². The Morgan fingerprint density at radius 1 is 1.00 bits per heavy atom. The molecule has 182 valence electrons. The molecule has 0 amide bonds. The summed E-state index contributed by atoms with van der Waals surface area (Å²) < 4.78 is 79.2. The van der Waals surface area contributed by atoms with Gasteiger partial charge in [0.25, 0.3) is 0 Å². The van der Waals surface area contributed by atoms with Gasteiger partial charge in [0.1, 0.15) is 5.56 Å². The number of nitrogens with zero attached hydrogens (tertiary/aromatic N) is 2. The number of hydrogen-bond donors (Lipinski definition) is 2. The lowest BCUT2D eigenvalue weighted by molar-refractivity contribution is -0.143.